The fourth-order valence-electron chi connectivity index (χ4n) is 2.78. The van der Waals surface area contributed by atoms with Gasteiger partial charge in [0.2, 0.25) is 5.91 Å². The first kappa shape index (κ1) is 21.7. The van der Waals surface area contributed by atoms with Gasteiger partial charge in [0.25, 0.3) is 5.91 Å². The number of rotatable bonds is 10. The number of hydrogen-bond acceptors (Lipinski definition) is 5. The topological polar surface area (TPSA) is 88.7 Å². The van der Waals surface area contributed by atoms with Crippen molar-refractivity contribution in [3.8, 4) is 11.5 Å². The Kier molecular flexibility index (Phi) is 7.88. The summed E-state index contributed by atoms with van der Waals surface area (Å²) in [6.07, 6.45) is 0. The van der Waals surface area contributed by atoms with E-state index in [1.165, 1.54) is 0 Å². The Morgan fingerprint density at radius 1 is 0.806 bits per heavy atom. The van der Waals surface area contributed by atoms with E-state index in [0.717, 1.165) is 11.4 Å². The maximum Gasteiger partial charge on any atom is 0.251 e. The fourth-order valence-corrected chi connectivity index (χ4v) is 2.78. The molecule has 0 unspecified atom stereocenters. The normalized spacial score (nSPS) is 10.1. The maximum atomic E-state index is 12.4. The van der Waals surface area contributed by atoms with Crippen LogP contribution in [0.5, 0.6) is 11.5 Å². The molecule has 3 N–H and O–H groups in total. The van der Waals surface area contributed by atoms with E-state index in [1.807, 2.05) is 42.5 Å². The first-order valence-electron chi connectivity index (χ1n) is 9.91. The van der Waals surface area contributed by atoms with Gasteiger partial charge in [0.05, 0.1) is 12.2 Å². The molecule has 7 nitrogen and oxygen atoms in total. The third-order valence-electron chi connectivity index (χ3n) is 4.34. The molecule has 160 valence electrons. The summed E-state index contributed by atoms with van der Waals surface area (Å²) in [6.45, 7) is 0.808. The van der Waals surface area contributed by atoms with E-state index in [4.69, 9.17) is 9.47 Å². The van der Waals surface area contributed by atoms with Crippen molar-refractivity contribution in [2.45, 2.75) is 0 Å². The third kappa shape index (κ3) is 6.78. The van der Waals surface area contributed by atoms with Gasteiger partial charge < -0.3 is 25.4 Å². The van der Waals surface area contributed by atoms with Crippen LogP contribution >= 0.6 is 0 Å². The van der Waals surface area contributed by atoms with Gasteiger partial charge >= 0.3 is 0 Å². The summed E-state index contributed by atoms with van der Waals surface area (Å²) in [4.78, 5) is 23.9. The molecule has 0 spiro atoms. The predicted octanol–water partition coefficient (Wildman–Crippen LogP) is 3.55. The van der Waals surface area contributed by atoms with Gasteiger partial charge in [-0.05, 0) is 48.5 Å². The minimum atomic E-state index is -0.216. The number of carbonyl (C=O) groups excluding carboxylic acids is 2. The molecule has 0 fully saturated rings. The minimum absolute atomic E-state index is 0.0742. The smallest absolute Gasteiger partial charge is 0.251 e. The molecule has 0 saturated heterocycles. The lowest BCUT2D eigenvalue weighted by Crippen LogP contribution is -2.22. The van der Waals surface area contributed by atoms with Crippen LogP contribution in [0.4, 0.5) is 11.4 Å². The number of benzene rings is 3. The second kappa shape index (κ2) is 11.3. The number of carbonyl (C=O) groups is 2. The molecule has 3 aromatic rings. The summed E-state index contributed by atoms with van der Waals surface area (Å²) in [5.74, 6) is 0.978. The molecule has 2 amide bonds. The van der Waals surface area contributed by atoms with Gasteiger partial charge in [0, 0.05) is 18.3 Å². The molecule has 31 heavy (non-hydrogen) atoms. The van der Waals surface area contributed by atoms with E-state index in [1.54, 1.807) is 43.4 Å². The van der Waals surface area contributed by atoms with Crippen molar-refractivity contribution in [2.24, 2.45) is 0 Å². The molecular formula is C24H25N3O4. The van der Waals surface area contributed by atoms with Gasteiger partial charge in [0.15, 0.2) is 0 Å². The Bertz CT molecular complexity index is 991. The number of para-hydroxylation sites is 3. The fraction of sp³-hybridized carbons (Fsp3) is 0.167. The van der Waals surface area contributed by atoms with Crippen LogP contribution in [0, 0.1) is 0 Å². The highest BCUT2D eigenvalue weighted by atomic mass is 16.5. The summed E-state index contributed by atoms with van der Waals surface area (Å²) in [5.41, 5.74) is 1.88. The van der Waals surface area contributed by atoms with Gasteiger partial charge in [0.1, 0.15) is 24.7 Å². The second-order valence-corrected chi connectivity index (χ2v) is 6.56. The first-order chi connectivity index (χ1) is 15.2. The lowest BCUT2D eigenvalue weighted by molar-refractivity contribution is -0.114. The van der Waals surface area contributed by atoms with Crippen molar-refractivity contribution in [1.82, 2.24) is 5.32 Å². The van der Waals surface area contributed by atoms with Crippen LogP contribution in [-0.2, 0) is 4.79 Å². The van der Waals surface area contributed by atoms with Gasteiger partial charge in [-0.25, -0.2) is 0 Å². The van der Waals surface area contributed by atoms with Crippen LogP contribution in [0.25, 0.3) is 0 Å². The van der Waals surface area contributed by atoms with Crippen LogP contribution in [-0.4, -0.2) is 38.6 Å². The molecular weight excluding hydrogens is 394 g/mol. The summed E-state index contributed by atoms with van der Waals surface area (Å²) in [6, 6.07) is 23.6. The summed E-state index contributed by atoms with van der Waals surface area (Å²) in [7, 11) is 1.58. The Hall–Kier alpha value is -4.00. The largest absolute Gasteiger partial charge is 0.490 e. The third-order valence-corrected chi connectivity index (χ3v) is 4.34. The van der Waals surface area contributed by atoms with E-state index in [2.05, 4.69) is 16.0 Å². The zero-order valence-corrected chi connectivity index (χ0v) is 17.3. The van der Waals surface area contributed by atoms with Crippen molar-refractivity contribution >= 4 is 23.2 Å². The molecule has 0 aliphatic rings. The highest BCUT2D eigenvalue weighted by Crippen LogP contribution is 2.23. The van der Waals surface area contributed by atoms with Crippen LogP contribution in [0.2, 0.25) is 0 Å². The Morgan fingerprint density at radius 3 is 2.23 bits per heavy atom. The summed E-state index contributed by atoms with van der Waals surface area (Å²) < 4.78 is 11.4. The van der Waals surface area contributed by atoms with Gasteiger partial charge in [-0.15, -0.1) is 0 Å². The monoisotopic (exact) mass is 419 g/mol. The van der Waals surface area contributed by atoms with E-state index >= 15 is 0 Å². The number of ether oxygens (including phenoxy) is 2. The van der Waals surface area contributed by atoms with Crippen molar-refractivity contribution in [2.75, 3.05) is 37.4 Å². The predicted molar refractivity (Wildman–Crippen MR) is 121 cm³/mol. The number of anilines is 2. The molecule has 0 atom stereocenters. The molecule has 3 aromatic carbocycles. The van der Waals surface area contributed by atoms with Gasteiger partial charge in [-0.3, -0.25) is 9.59 Å². The van der Waals surface area contributed by atoms with Crippen LogP contribution in [0.15, 0.2) is 78.9 Å². The average molecular weight is 419 g/mol. The maximum absolute atomic E-state index is 12.4. The molecule has 0 aliphatic carbocycles. The minimum Gasteiger partial charge on any atom is -0.490 e. The van der Waals surface area contributed by atoms with Gasteiger partial charge in [-0.2, -0.15) is 0 Å². The number of amides is 2. The highest BCUT2D eigenvalue weighted by molar-refractivity contribution is 5.96. The molecule has 0 bridgehead atoms. The summed E-state index contributed by atoms with van der Waals surface area (Å²) in [5, 5.41) is 8.45. The van der Waals surface area contributed by atoms with E-state index in [-0.39, 0.29) is 18.4 Å². The number of nitrogens with one attached hydrogen (secondary N) is 3. The SMILES string of the molecule is CNC(=O)c1ccc(NCC(=O)Nc2ccccc2OCCOc2ccccc2)cc1. The number of hydrogen-bond donors (Lipinski definition) is 3. The second-order valence-electron chi connectivity index (χ2n) is 6.56. The zero-order valence-electron chi connectivity index (χ0n) is 17.3. The lowest BCUT2D eigenvalue weighted by atomic mass is 10.2. The van der Waals surface area contributed by atoms with Gasteiger partial charge in [-0.1, -0.05) is 30.3 Å². The lowest BCUT2D eigenvalue weighted by Gasteiger charge is -2.13. The van der Waals surface area contributed by atoms with Crippen molar-refractivity contribution in [3.05, 3.63) is 84.4 Å². The zero-order chi connectivity index (χ0) is 21.9. The molecule has 3 rings (SSSR count). The van der Waals surface area contributed by atoms with Crippen molar-refractivity contribution in [1.29, 1.82) is 0 Å². The molecule has 0 saturated carbocycles. The Balaban J connectivity index is 1.47. The Morgan fingerprint density at radius 2 is 1.48 bits per heavy atom. The molecule has 7 heteroatoms. The van der Waals surface area contributed by atoms with Crippen LogP contribution in [0.3, 0.4) is 0 Å². The Labute approximate surface area is 181 Å². The molecule has 0 aromatic heterocycles. The van der Waals surface area contributed by atoms with Crippen molar-refractivity contribution in [3.63, 3.8) is 0 Å². The van der Waals surface area contributed by atoms with E-state index in [9.17, 15) is 9.59 Å². The standard InChI is InChI=1S/C24H25N3O4/c1-25-24(29)18-11-13-19(14-12-18)26-17-23(28)27-21-9-5-6-10-22(21)31-16-15-30-20-7-3-2-4-8-20/h2-14,26H,15-17H2,1H3,(H,25,29)(H,27,28). The average Bonchev–Trinajstić information content (AvgIpc) is 2.82. The van der Waals surface area contributed by atoms with E-state index in [0.29, 0.717) is 30.2 Å². The first-order valence-corrected chi connectivity index (χ1v) is 9.91. The highest BCUT2D eigenvalue weighted by Gasteiger charge is 2.08. The molecule has 0 radical (unpaired) electrons. The van der Waals surface area contributed by atoms with Crippen molar-refractivity contribution < 1.29 is 19.1 Å². The molecule has 0 aliphatic heterocycles. The summed E-state index contributed by atoms with van der Waals surface area (Å²) >= 11 is 0. The van der Waals surface area contributed by atoms with Crippen LogP contribution < -0.4 is 25.4 Å². The van der Waals surface area contributed by atoms with E-state index < -0.39 is 0 Å². The van der Waals surface area contributed by atoms with Crippen LogP contribution in [0.1, 0.15) is 10.4 Å². The molecule has 0 heterocycles. The quantitative estimate of drug-likeness (QED) is 0.438.